The van der Waals surface area contributed by atoms with Crippen LogP contribution in [-0.4, -0.2) is 44.0 Å². The van der Waals surface area contributed by atoms with Crippen LogP contribution in [0.15, 0.2) is 48.5 Å². The van der Waals surface area contributed by atoms with Crippen LogP contribution in [0.2, 0.25) is 0 Å². The maximum atomic E-state index is 12.1. The monoisotopic (exact) mass is 383 g/mol. The molecule has 0 aliphatic rings. The van der Waals surface area contributed by atoms with Gasteiger partial charge >= 0.3 is 0 Å². The van der Waals surface area contributed by atoms with Gasteiger partial charge in [0, 0.05) is 31.0 Å². The molecule has 0 aliphatic heterocycles. The van der Waals surface area contributed by atoms with Gasteiger partial charge < -0.3 is 20.3 Å². The number of benzene rings is 2. The van der Waals surface area contributed by atoms with Gasteiger partial charge in [0.2, 0.25) is 5.91 Å². The number of rotatable bonds is 9. The van der Waals surface area contributed by atoms with Crippen molar-refractivity contribution in [1.82, 2.24) is 4.90 Å². The molecule has 2 N–H and O–H groups in total. The molecule has 6 heteroatoms. The van der Waals surface area contributed by atoms with E-state index in [1.807, 2.05) is 24.3 Å². The summed E-state index contributed by atoms with van der Waals surface area (Å²) in [6.45, 7) is 5.14. The normalized spacial score (nSPS) is 10.5. The van der Waals surface area contributed by atoms with Crippen LogP contribution >= 0.6 is 0 Å². The van der Waals surface area contributed by atoms with E-state index in [0.717, 1.165) is 23.5 Å². The Kier molecular flexibility index (Phi) is 7.87. The van der Waals surface area contributed by atoms with E-state index in [1.54, 1.807) is 38.4 Å². The van der Waals surface area contributed by atoms with Crippen LogP contribution in [0.25, 0.3) is 0 Å². The Bertz CT molecular complexity index is 769. The first-order valence-electron chi connectivity index (χ1n) is 9.43. The van der Waals surface area contributed by atoms with Crippen molar-refractivity contribution < 1.29 is 14.3 Å². The molecule has 0 fully saturated rings. The van der Waals surface area contributed by atoms with Gasteiger partial charge in [0.15, 0.2) is 0 Å². The Hall–Kier alpha value is -3.02. The number of hydrogen-bond donors (Lipinski definition) is 2. The maximum absolute atomic E-state index is 12.1. The van der Waals surface area contributed by atoms with E-state index in [0.29, 0.717) is 18.1 Å². The Morgan fingerprint density at radius 1 is 0.964 bits per heavy atom. The third-order valence-corrected chi connectivity index (χ3v) is 4.09. The van der Waals surface area contributed by atoms with Gasteiger partial charge in [-0.3, -0.25) is 9.59 Å². The van der Waals surface area contributed by atoms with Gasteiger partial charge in [0.1, 0.15) is 5.75 Å². The molecule has 0 saturated carbocycles. The SMILES string of the molecule is CC(C)CCOc1ccc(NC(=O)CNc2ccc(C(=O)N(C)C)cc2)cc1. The Labute approximate surface area is 166 Å². The topological polar surface area (TPSA) is 70.7 Å². The average Bonchev–Trinajstić information content (AvgIpc) is 2.67. The summed E-state index contributed by atoms with van der Waals surface area (Å²) in [4.78, 5) is 25.5. The van der Waals surface area contributed by atoms with Crippen LogP contribution in [0.1, 0.15) is 30.6 Å². The third kappa shape index (κ3) is 6.95. The van der Waals surface area contributed by atoms with Crippen LogP contribution in [-0.2, 0) is 4.79 Å². The van der Waals surface area contributed by atoms with Gasteiger partial charge in [-0.1, -0.05) is 13.8 Å². The summed E-state index contributed by atoms with van der Waals surface area (Å²) in [6.07, 6.45) is 1.01. The van der Waals surface area contributed by atoms with Crippen LogP contribution in [0.3, 0.4) is 0 Å². The molecule has 0 heterocycles. The quantitative estimate of drug-likeness (QED) is 0.690. The number of anilines is 2. The molecule has 150 valence electrons. The predicted molar refractivity (Wildman–Crippen MR) is 113 cm³/mol. The molecule has 2 rings (SSSR count). The molecule has 0 atom stereocenters. The van der Waals surface area contributed by atoms with E-state index in [1.165, 1.54) is 4.90 Å². The minimum Gasteiger partial charge on any atom is -0.494 e. The molecule has 0 spiro atoms. The van der Waals surface area contributed by atoms with Gasteiger partial charge in [-0.2, -0.15) is 0 Å². The van der Waals surface area contributed by atoms with E-state index in [2.05, 4.69) is 24.5 Å². The highest BCUT2D eigenvalue weighted by Gasteiger charge is 2.08. The highest BCUT2D eigenvalue weighted by molar-refractivity contribution is 5.95. The Morgan fingerprint density at radius 3 is 2.14 bits per heavy atom. The highest BCUT2D eigenvalue weighted by Crippen LogP contribution is 2.16. The van der Waals surface area contributed by atoms with E-state index >= 15 is 0 Å². The van der Waals surface area contributed by atoms with Crippen molar-refractivity contribution in [1.29, 1.82) is 0 Å². The lowest BCUT2D eigenvalue weighted by Gasteiger charge is -2.12. The van der Waals surface area contributed by atoms with Crippen molar-refractivity contribution >= 4 is 23.2 Å². The minimum absolute atomic E-state index is 0.0547. The van der Waals surface area contributed by atoms with Crippen LogP contribution < -0.4 is 15.4 Å². The first kappa shape index (κ1) is 21.3. The molecular formula is C22H29N3O3. The van der Waals surface area contributed by atoms with Crippen LogP contribution in [0.4, 0.5) is 11.4 Å². The van der Waals surface area contributed by atoms with Crippen molar-refractivity contribution in [3.8, 4) is 5.75 Å². The summed E-state index contributed by atoms with van der Waals surface area (Å²) in [7, 11) is 3.42. The molecule has 2 aromatic rings. The third-order valence-electron chi connectivity index (χ3n) is 4.09. The second-order valence-corrected chi connectivity index (χ2v) is 7.23. The highest BCUT2D eigenvalue weighted by atomic mass is 16.5. The lowest BCUT2D eigenvalue weighted by atomic mass is 10.1. The number of amides is 2. The standard InChI is InChI=1S/C22H29N3O3/c1-16(2)13-14-28-20-11-9-19(10-12-20)24-21(26)15-23-18-7-5-17(6-8-18)22(27)25(3)4/h5-12,16,23H,13-15H2,1-4H3,(H,24,26). The Morgan fingerprint density at radius 2 is 1.57 bits per heavy atom. The minimum atomic E-state index is -0.151. The molecule has 0 aromatic heterocycles. The van der Waals surface area contributed by atoms with E-state index in [-0.39, 0.29) is 18.4 Å². The number of carbonyl (C=O) groups is 2. The van der Waals surface area contributed by atoms with Crippen molar-refractivity contribution in [3.63, 3.8) is 0 Å². The summed E-state index contributed by atoms with van der Waals surface area (Å²) in [5.74, 6) is 1.20. The molecule has 2 aromatic carbocycles. The Balaban J connectivity index is 1.78. The number of ether oxygens (including phenoxy) is 1. The van der Waals surface area contributed by atoms with E-state index in [9.17, 15) is 9.59 Å². The van der Waals surface area contributed by atoms with Gasteiger partial charge in [0.25, 0.3) is 5.91 Å². The molecule has 0 bridgehead atoms. The van der Waals surface area contributed by atoms with E-state index < -0.39 is 0 Å². The second kappa shape index (κ2) is 10.3. The largest absolute Gasteiger partial charge is 0.494 e. The molecule has 0 saturated heterocycles. The second-order valence-electron chi connectivity index (χ2n) is 7.23. The zero-order valence-corrected chi connectivity index (χ0v) is 17.0. The van der Waals surface area contributed by atoms with Crippen molar-refractivity contribution in [2.45, 2.75) is 20.3 Å². The lowest BCUT2D eigenvalue weighted by molar-refractivity contribution is -0.114. The fourth-order valence-electron chi connectivity index (χ4n) is 2.42. The van der Waals surface area contributed by atoms with Gasteiger partial charge in [0.05, 0.1) is 13.2 Å². The maximum Gasteiger partial charge on any atom is 0.253 e. The molecular weight excluding hydrogens is 354 g/mol. The van der Waals surface area contributed by atoms with Gasteiger partial charge in [-0.25, -0.2) is 0 Å². The van der Waals surface area contributed by atoms with Crippen molar-refractivity contribution in [2.75, 3.05) is 37.9 Å². The fourth-order valence-corrected chi connectivity index (χ4v) is 2.42. The smallest absolute Gasteiger partial charge is 0.253 e. The summed E-state index contributed by atoms with van der Waals surface area (Å²) < 4.78 is 5.67. The van der Waals surface area contributed by atoms with Gasteiger partial charge in [-0.05, 0) is 60.9 Å². The number of carbonyl (C=O) groups excluding carboxylic acids is 2. The summed E-state index contributed by atoms with van der Waals surface area (Å²) in [5, 5.41) is 5.89. The molecule has 0 unspecified atom stereocenters. The molecule has 2 amide bonds. The molecule has 0 aliphatic carbocycles. The number of hydrogen-bond acceptors (Lipinski definition) is 4. The van der Waals surface area contributed by atoms with Crippen LogP contribution in [0.5, 0.6) is 5.75 Å². The lowest BCUT2D eigenvalue weighted by Crippen LogP contribution is -2.22. The molecule has 0 radical (unpaired) electrons. The summed E-state index contributed by atoms with van der Waals surface area (Å²) in [6, 6.07) is 14.4. The first-order valence-corrected chi connectivity index (χ1v) is 9.43. The van der Waals surface area contributed by atoms with Crippen LogP contribution in [0, 0.1) is 5.92 Å². The average molecular weight is 383 g/mol. The summed E-state index contributed by atoms with van der Waals surface area (Å²) in [5.41, 5.74) is 2.10. The van der Waals surface area contributed by atoms with Crippen molar-refractivity contribution in [3.05, 3.63) is 54.1 Å². The summed E-state index contributed by atoms with van der Waals surface area (Å²) >= 11 is 0. The number of nitrogens with zero attached hydrogens (tertiary/aromatic N) is 1. The first-order chi connectivity index (χ1) is 13.3. The zero-order valence-electron chi connectivity index (χ0n) is 17.0. The number of nitrogens with one attached hydrogen (secondary N) is 2. The predicted octanol–water partition coefficient (Wildman–Crippen LogP) is 3.86. The molecule has 6 nitrogen and oxygen atoms in total. The molecule has 28 heavy (non-hydrogen) atoms. The van der Waals surface area contributed by atoms with E-state index in [4.69, 9.17) is 4.74 Å². The zero-order chi connectivity index (χ0) is 20.5. The fraction of sp³-hybridized carbons (Fsp3) is 0.364. The van der Waals surface area contributed by atoms with Crippen molar-refractivity contribution in [2.24, 2.45) is 5.92 Å². The van der Waals surface area contributed by atoms with Gasteiger partial charge in [-0.15, -0.1) is 0 Å².